The largest absolute Gasteiger partial charge is 0.370 e. The molecule has 3 rings (SSSR count). The van der Waals surface area contributed by atoms with Gasteiger partial charge in [0.2, 0.25) is 0 Å². The fraction of sp³-hybridized carbons (Fsp3) is 0.903. The lowest BCUT2D eigenvalue weighted by molar-refractivity contribution is -0.0376. The van der Waals surface area contributed by atoms with Crippen LogP contribution in [0.1, 0.15) is 119 Å². The first-order valence-electron chi connectivity index (χ1n) is 15.1. The second kappa shape index (κ2) is 13.7. The predicted molar refractivity (Wildman–Crippen MR) is 164 cm³/mol. The van der Waals surface area contributed by atoms with Crippen molar-refractivity contribution in [3.05, 3.63) is 11.6 Å². The number of guanidine groups is 1. The fourth-order valence-electron chi connectivity index (χ4n) is 7.89. The van der Waals surface area contributed by atoms with Crippen LogP contribution in [0.15, 0.2) is 11.6 Å². The summed E-state index contributed by atoms with van der Waals surface area (Å²) in [6.45, 7) is 15.8. The van der Waals surface area contributed by atoms with Gasteiger partial charge in [0.15, 0.2) is 5.96 Å². The Labute approximate surface area is 231 Å². The van der Waals surface area contributed by atoms with E-state index in [0.717, 1.165) is 47.1 Å². The Balaban J connectivity index is 1.54. The molecule has 4 N–H and O–H groups in total. The smallest absolute Gasteiger partial charge is 0.185 e. The summed E-state index contributed by atoms with van der Waals surface area (Å²) in [7, 11) is 4.03. The van der Waals surface area contributed by atoms with Crippen molar-refractivity contribution in [3.63, 3.8) is 0 Å². The van der Waals surface area contributed by atoms with Gasteiger partial charge in [-0.05, 0) is 85.4 Å². The molecular formula is C31H57N3S2. The molecule has 0 aromatic heterocycles. The maximum atomic E-state index is 7.30. The van der Waals surface area contributed by atoms with Crippen molar-refractivity contribution in [2.45, 2.75) is 124 Å². The molecule has 0 aromatic carbocycles. The summed E-state index contributed by atoms with van der Waals surface area (Å²) in [4.78, 5) is 0. The van der Waals surface area contributed by atoms with Gasteiger partial charge in [-0.15, -0.1) is 0 Å². The van der Waals surface area contributed by atoms with Crippen LogP contribution in [0.5, 0.6) is 0 Å². The molecule has 0 radical (unpaired) electrons. The number of nitrogens with two attached hydrogens (primary N) is 1. The number of nitrogens with one attached hydrogen (secondary N) is 2. The van der Waals surface area contributed by atoms with E-state index in [0.29, 0.717) is 10.8 Å². The average Bonchev–Trinajstić information content (AvgIpc) is 2.79. The quantitative estimate of drug-likeness (QED) is 0.0723. The van der Waals surface area contributed by atoms with E-state index in [4.69, 9.17) is 11.1 Å². The Morgan fingerprint density at radius 3 is 2.58 bits per heavy atom. The molecule has 5 unspecified atom stereocenters. The molecule has 0 amide bonds. The third kappa shape index (κ3) is 8.10. The number of hydrogen-bond donors (Lipinski definition) is 3. The van der Waals surface area contributed by atoms with Crippen LogP contribution in [0.3, 0.4) is 0 Å². The zero-order chi connectivity index (χ0) is 26.3. The van der Waals surface area contributed by atoms with Crippen LogP contribution in [0.2, 0.25) is 0 Å². The molecule has 0 spiro atoms. The highest BCUT2D eigenvalue weighted by Gasteiger charge is 2.53. The van der Waals surface area contributed by atoms with Crippen molar-refractivity contribution in [1.29, 1.82) is 5.41 Å². The lowest BCUT2D eigenvalue weighted by Crippen LogP contribution is -2.49. The van der Waals surface area contributed by atoms with E-state index in [-0.39, 0.29) is 5.96 Å². The summed E-state index contributed by atoms with van der Waals surface area (Å²) >= 11 is 0. The van der Waals surface area contributed by atoms with Crippen LogP contribution >= 0.6 is 21.6 Å². The highest BCUT2D eigenvalue weighted by Crippen LogP contribution is 2.62. The van der Waals surface area contributed by atoms with Gasteiger partial charge in [-0.25, -0.2) is 0 Å². The van der Waals surface area contributed by atoms with Crippen molar-refractivity contribution < 1.29 is 0 Å². The van der Waals surface area contributed by atoms with E-state index in [9.17, 15) is 0 Å². The molecule has 6 atom stereocenters. The molecule has 3 nitrogen and oxygen atoms in total. The lowest BCUT2D eigenvalue weighted by Gasteiger charge is -2.58. The summed E-state index contributed by atoms with van der Waals surface area (Å²) < 4.78 is 0. The van der Waals surface area contributed by atoms with Gasteiger partial charge in [0, 0.05) is 17.5 Å². The second-order valence-corrected chi connectivity index (χ2v) is 16.6. The summed E-state index contributed by atoms with van der Waals surface area (Å²) in [6, 6.07) is 0. The molecule has 0 aliphatic heterocycles. The zero-order valence-corrected chi connectivity index (χ0v) is 26.0. The van der Waals surface area contributed by atoms with E-state index in [2.05, 4.69) is 63.7 Å². The molecule has 5 heteroatoms. The highest BCUT2D eigenvalue weighted by atomic mass is 33.1. The third-order valence-electron chi connectivity index (χ3n) is 10.2. The Hall–Kier alpha value is -0.290. The summed E-state index contributed by atoms with van der Waals surface area (Å²) in [5, 5.41) is 11.0. The van der Waals surface area contributed by atoms with Crippen molar-refractivity contribution in [2.24, 2.45) is 46.2 Å². The fourth-order valence-corrected chi connectivity index (χ4v) is 10.4. The van der Waals surface area contributed by atoms with E-state index in [1.165, 1.54) is 77.0 Å². The van der Waals surface area contributed by atoms with Crippen LogP contribution in [0, 0.1) is 45.8 Å². The Morgan fingerprint density at radius 1 is 1.11 bits per heavy atom. The zero-order valence-electron chi connectivity index (χ0n) is 24.3. The van der Waals surface area contributed by atoms with Gasteiger partial charge >= 0.3 is 0 Å². The number of allylic oxidation sites excluding steroid dienone is 2. The first kappa shape index (κ1) is 30.3. The third-order valence-corrected chi connectivity index (χ3v) is 13.1. The topological polar surface area (TPSA) is 61.9 Å². The van der Waals surface area contributed by atoms with Crippen molar-refractivity contribution >= 4 is 27.5 Å². The summed E-state index contributed by atoms with van der Waals surface area (Å²) in [6.07, 6.45) is 19.5. The minimum atomic E-state index is 0.0843. The van der Waals surface area contributed by atoms with Gasteiger partial charge in [-0.1, -0.05) is 107 Å². The van der Waals surface area contributed by atoms with Crippen molar-refractivity contribution in [2.75, 3.05) is 12.3 Å². The maximum absolute atomic E-state index is 7.30. The van der Waals surface area contributed by atoms with E-state index < -0.39 is 0 Å². The molecule has 0 heterocycles. The van der Waals surface area contributed by atoms with E-state index >= 15 is 0 Å². The van der Waals surface area contributed by atoms with Gasteiger partial charge in [0.25, 0.3) is 0 Å². The normalized spacial score (nSPS) is 32.4. The lowest BCUT2D eigenvalue weighted by atomic mass is 9.47. The van der Waals surface area contributed by atoms with Gasteiger partial charge in [-0.3, -0.25) is 5.41 Å². The molecule has 2 fully saturated rings. The molecule has 0 saturated heterocycles. The highest BCUT2D eigenvalue weighted by molar-refractivity contribution is 8.76. The molecule has 208 valence electrons. The Kier molecular flexibility index (Phi) is 11.5. The molecule has 3 aliphatic rings. The number of hydrogen-bond acceptors (Lipinski definition) is 3. The van der Waals surface area contributed by atoms with Crippen molar-refractivity contribution in [1.82, 2.24) is 5.32 Å². The van der Waals surface area contributed by atoms with Crippen LogP contribution in [-0.2, 0) is 0 Å². The second-order valence-electron chi connectivity index (χ2n) is 13.8. The number of rotatable bonds is 13. The van der Waals surface area contributed by atoms with Gasteiger partial charge in [-0.2, -0.15) is 0 Å². The Bertz CT molecular complexity index is 733. The minimum Gasteiger partial charge on any atom is -0.370 e. The molecule has 0 bridgehead atoms. The summed E-state index contributed by atoms with van der Waals surface area (Å²) in [5.74, 6) is 5.53. The average molecular weight is 536 g/mol. The summed E-state index contributed by atoms with van der Waals surface area (Å²) in [5.41, 5.74) is 8.14. The minimum absolute atomic E-state index is 0.0843. The first-order chi connectivity index (χ1) is 17.0. The molecule has 36 heavy (non-hydrogen) atoms. The van der Waals surface area contributed by atoms with E-state index in [1.807, 2.05) is 10.8 Å². The van der Waals surface area contributed by atoms with Crippen LogP contribution in [-0.4, -0.2) is 23.5 Å². The van der Waals surface area contributed by atoms with Gasteiger partial charge in [0.05, 0.1) is 0 Å². The van der Waals surface area contributed by atoms with Crippen LogP contribution < -0.4 is 11.1 Å². The van der Waals surface area contributed by atoms with E-state index in [1.54, 1.807) is 5.57 Å². The first-order valence-corrected chi connectivity index (χ1v) is 17.5. The molecular weight excluding hydrogens is 478 g/mol. The standard InChI is InChI=1S/C31H57N3S2/c1-22(2)9-7-10-23(3)11-8-12-27-26-14-13-24-21-25(36-35-20-19-34-29(32)33)15-18-31(24,6)28(26)16-17-30(27,4)5/h13,22-23,25-28H,7-12,14-21H2,1-6H3,(H4,32,33,34)/t23?,25?,26?,27?,28?,31-/m1/s1. The Morgan fingerprint density at radius 2 is 1.86 bits per heavy atom. The SMILES string of the molecule is CC(C)CCCC(C)CCCC1C2CC=C3CC(SSCCNC(=N)N)CC[C@@]3(C)C2CCC1(C)C. The molecule has 0 aromatic rings. The number of fused-ring (bicyclic) bond motifs is 3. The molecule has 3 aliphatic carbocycles. The van der Waals surface area contributed by atoms with Gasteiger partial charge < -0.3 is 11.1 Å². The monoisotopic (exact) mass is 535 g/mol. The van der Waals surface area contributed by atoms with Gasteiger partial charge in [0.1, 0.15) is 0 Å². The molecule has 2 saturated carbocycles. The predicted octanol–water partition coefficient (Wildman–Crippen LogP) is 9.04. The van der Waals surface area contributed by atoms with Crippen molar-refractivity contribution in [3.8, 4) is 0 Å². The van der Waals surface area contributed by atoms with Crippen LogP contribution in [0.4, 0.5) is 0 Å². The van der Waals surface area contributed by atoms with Crippen LogP contribution in [0.25, 0.3) is 0 Å². The maximum Gasteiger partial charge on any atom is 0.185 e.